The Labute approximate surface area is 117 Å². The molecule has 20 heavy (non-hydrogen) atoms. The Morgan fingerprint density at radius 2 is 2.00 bits per heavy atom. The first-order valence-electron chi connectivity index (χ1n) is 6.68. The Balaban J connectivity index is 1.93. The Morgan fingerprint density at radius 3 is 2.75 bits per heavy atom. The number of nitrogens with two attached hydrogens (primary N) is 1. The van der Waals surface area contributed by atoms with Gasteiger partial charge in [-0.15, -0.1) is 0 Å². The standard InChI is InChI=1S/C15H16N4O/c1-2-3-10-4-6-11(7-5-10)12-8-20-15-13(19-12)14(16)17-9-18-15/h4-7,9H,2-3,8H2,1H3,(H2,16,17,18). The largest absolute Gasteiger partial charge is 0.469 e. The number of nitrogens with zero attached hydrogens (tertiary/aromatic N) is 3. The number of aryl methyl sites for hydroxylation is 1. The number of benzene rings is 1. The lowest BCUT2D eigenvalue weighted by Gasteiger charge is -2.16. The smallest absolute Gasteiger partial charge is 0.245 e. The highest BCUT2D eigenvalue weighted by molar-refractivity contribution is 6.04. The van der Waals surface area contributed by atoms with Crippen LogP contribution in [-0.2, 0) is 6.42 Å². The molecule has 0 radical (unpaired) electrons. The number of anilines is 1. The quantitative estimate of drug-likeness (QED) is 0.928. The molecule has 3 rings (SSSR count). The molecule has 1 aromatic heterocycles. The summed E-state index contributed by atoms with van der Waals surface area (Å²) in [5.41, 5.74) is 9.55. The summed E-state index contributed by atoms with van der Waals surface area (Å²) in [7, 11) is 0. The fourth-order valence-electron chi connectivity index (χ4n) is 2.19. The molecule has 0 amide bonds. The number of aromatic nitrogens is 2. The fourth-order valence-corrected chi connectivity index (χ4v) is 2.19. The van der Waals surface area contributed by atoms with Crippen LogP contribution in [0.3, 0.4) is 0 Å². The van der Waals surface area contributed by atoms with Crippen LogP contribution < -0.4 is 10.5 Å². The summed E-state index contributed by atoms with van der Waals surface area (Å²) in [6.45, 7) is 2.57. The van der Waals surface area contributed by atoms with Gasteiger partial charge in [-0.1, -0.05) is 37.6 Å². The fraction of sp³-hybridized carbons (Fsp3) is 0.267. The molecule has 0 atom stereocenters. The first kappa shape index (κ1) is 12.6. The van der Waals surface area contributed by atoms with Crippen molar-refractivity contribution in [2.75, 3.05) is 12.3 Å². The van der Waals surface area contributed by atoms with Gasteiger partial charge < -0.3 is 10.5 Å². The van der Waals surface area contributed by atoms with Gasteiger partial charge in [-0.25, -0.2) is 9.98 Å². The van der Waals surface area contributed by atoms with Gasteiger partial charge in [-0.3, -0.25) is 0 Å². The highest BCUT2D eigenvalue weighted by Crippen LogP contribution is 2.33. The van der Waals surface area contributed by atoms with Crippen LogP contribution in [0.4, 0.5) is 11.5 Å². The van der Waals surface area contributed by atoms with Gasteiger partial charge in [0.1, 0.15) is 12.9 Å². The summed E-state index contributed by atoms with van der Waals surface area (Å²) in [4.78, 5) is 12.5. The van der Waals surface area contributed by atoms with E-state index >= 15 is 0 Å². The van der Waals surface area contributed by atoms with Crippen molar-refractivity contribution in [2.24, 2.45) is 4.99 Å². The molecule has 0 fully saturated rings. The first-order valence-corrected chi connectivity index (χ1v) is 6.68. The van der Waals surface area contributed by atoms with Crippen LogP contribution >= 0.6 is 0 Å². The van der Waals surface area contributed by atoms with Gasteiger partial charge in [-0.05, 0) is 17.5 Å². The highest BCUT2D eigenvalue weighted by atomic mass is 16.5. The maximum atomic E-state index is 5.81. The molecule has 2 heterocycles. The lowest BCUT2D eigenvalue weighted by molar-refractivity contribution is 0.357. The highest BCUT2D eigenvalue weighted by Gasteiger charge is 2.18. The zero-order valence-corrected chi connectivity index (χ0v) is 11.3. The topological polar surface area (TPSA) is 73.4 Å². The predicted octanol–water partition coefficient (Wildman–Crippen LogP) is 2.52. The van der Waals surface area contributed by atoms with Gasteiger partial charge in [0, 0.05) is 0 Å². The second-order valence-electron chi connectivity index (χ2n) is 4.71. The second-order valence-corrected chi connectivity index (χ2v) is 4.71. The number of hydrogen-bond acceptors (Lipinski definition) is 5. The molecule has 1 aliphatic heterocycles. The summed E-state index contributed by atoms with van der Waals surface area (Å²) in [5, 5.41) is 0. The van der Waals surface area contributed by atoms with Gasteiger partial charge in [0.15, 0.2) is 11.5 Å². The van der Waals surface area contributed by atoms with Crippen LogP contribution in [0, 0.1) is 0 Å². The van der Waals surface area contributed by atoms with Crippen LogP contribution in [0.5, 0.6) is 5.88 Å². The van der Waals surface area contributed by atoms with E-state index in [1.54, 1.807) is 0 Å². The molecule has 102 valence electrons. The molecule has 2 aromatic rings. The van der Waals surface area contributed by atoms with Gasteiger partial charge >= 0.3 is 0 Å². The van der Waals surface area contributed by atoms with Crippen molar-refractivity contribution in [3.63, 3.8) is 0 Å². The van der Waals surface area contributed by atoms with Crippen LogP contribution in [-0.4, -0.2) is 22.3 Å². The Bertz CT molecular complexity index is 649. The van der Waals surface area contributed by atoms with E-state index in [1.165, 1.54) is 11.9 Å². The number of rotatable bonds is 3. The molecule has 1 aromatic carbocycles. The van der Waals surface area contributed by atoms with Crippen molar-refractivity contribution >= 4 is 17.2 Å². The Kier molecular flexibility index (Phi) is 3.33. The minimum Gasteiger partial charge on any atom is -0.469 e. The lowest BCUT2D eigenvalue weighted by Crippen LogP contribution is -2.17. The molecule has 0 spiro atoms. The summed E-state index contributed by atoms with van der Waals surface area (Å²) < 4.78 is 5.59. The number of ether oxygens (including phenoxy) is 1. The van der Waals surface area contributed by atoms with Gasteiger partial charge in [-0.2, -0.15) is 4.98 Å². The molecular formula is C15H16N4O. The maximum absolute atomic E-state index is 5.81. The van der Waals surface area contributed by atoms with Crippen molar-refractivity contribution in [1.29, 1.82) is 0 Å². The minimum atomic E-state index is 0.342. The van der Waals surface area contributed by atoms with Crippen LogP contribution in [0.25, 0.3) is 0 Å². The summed E-state index contributed by atoms with van der Waals surface area (Å²) in [5.74, 6) is 0.790. The van der Waals surface area contributed by atoms with E-state index in [0.717, 1.165) is 24.1 Å². The van der Waals surface area contributed by atoms with E-state index in [-0.39, 0.29) is 0 Å². The van der Waals surface area contributed by atoms with Gasteiger partial charge in [0.25, 0.3) is 0 Å². The number of nitrogen functional groups attached to an aromatic ring is 1. The SMILES string of the molecule is CCCc1ccc(C2=Nc3c(N)ncnc3OC2)cc1. The average molecular weight is 268 g/mol. The van der Waals surface area contributed by atoms with E-state index in [4.69, 9.17) is 10.5 Å². The summed E-state index contributed by atoms with van der Waals surface area (Å²) in [6, 6.07) is 8.39. The molecule has 5 heteroatoms. The number of aliphatic imine (C=N–C) groups is 1. The molecule has 1 aliphatic rings. The van der Waals surface area contributed by atoms with Crippen molar-refractivity contribution in [3.05, 3.63) is 41.7 Å². The second kappa shape index (κ2) is 5.28. The third-order valence-corrected chi connectivity index (χ3v) is 3.24. The normalized spacial score (nSPS) is 13.3. The van der Waals surface area contributed by atoms with Crippen LogP contribution in [0.1, 0.15) is 24.5 Å². The molecule has 0 unspecified atom stereocenters. The molecule has 5 nitrogen and oxygen atoms in total. The maximum Gasteiger partial charge on any atom is 0.245 e. The van der Waals surface area contributed by atoms with E-state index in [1.807, 2.05) is 0 Å². The lowest BCUT2D eigenvalue weighted by atomic mass is 10.0. The van der Waals surface area contributed by atoms with E-state index in [9.17, 15) is 0 Å². The molecule has 0 bridgehead atoms. The van der Waals surface area contributed by atoms with Gasteiger partial charge in [0.05, 0.1) is 5.71 Å². The number of hydrogen-bond donors (Lipinski definition) is 1. The van der Waals surface area contributed by atoms with Crippen molar-refractivity contribution in [3.8, 4) is 5.88 Å². The van der Waals surface area contributed by atoms with Gasteiger partial charge in [0.2, 0.25) is 5.88 Å². The molecular weight excluding hydrogens is 252 g/mol. The third kappa shape index (κ3) is 2.34. The van der Waals surface area contributed by atoms with E-state index in [2.05, 4.69) is 46.1 Å². The zero-order valence-electron chi connectivity index (χ0n) is 11.3. The molecule has 0 saturated carbocycles. The summed E-state index contributed by atoms with van der Waals surface area (Å²) in [6.07, 6.45) is 3.62. The predicted molar refractivity (Wildman–Crippen MR) is 78.6 cm³/mol. The minimum absolute atomic E-state index is 0.342. The number of fused-ring (bicyclic) bond motifs is 1. The Hall–Kier alpha value is -2.43. The van der Waals surface area contributed by atoms with Crippen molar-refractivity contribution in [2.45, 2.75) is 19.8 Å². The molecule has 2 N–H and O–H groups in total. The monoisotopic (exact) mass is 268 g/mol. The molecule has 0 aliphatic carbocycles. The van der Waals surface area contributed by atoms with Crippen LogP contribution in [0.15, 0.2) is 35.6 Å². The zero-order chi connectivity index (χ0) is 13.9. The first-order chi connectivity index (χ1) is 9.78. The summed E-state index contributed by atoms with van der Waals surface area (Å²) >= 11 is 0. The Morgan fingerprint density at radius 1 is 1.20 bits per heavy atom. The van der Waals surface area contributed by atoms with E-state index < -0.39 is 0 Å². The van der Waals surface area contributed by atoms with Crippen molar-refractivity contribution < 1.29 is 4.74 Å². The van der Waals surface area contributed by atoms with E-state index in [0.29, 0.717) is 24.0 Å². The van der Waals surface area contributed by atoms with Crippen LogP contribution in [0.2, 0.25) is 0 Å². The average Bonchev–Trinajstić information content (AvgIpc) is 2.49. The molecule has 0 saturated heterocycles. The van der Waals surface area contributed by atoms with Crippen molar-refractivity contribution in [1.82, 2.24) is 9.97 Å². The third-order valence-electron chi connectivity index (χ3n) is 3.24.